The van der Waals surface area contributed by atoms with Gasteiger partial charge < -0.3 is 24.7 Å². The Hall–Kier alpha value is -4.08. The van der Waals surface area contributed by atoms with E-state index in [1.54, 1.807) is 30.3 Å². The lowest BCUT2D eigenvalue weighted by atomic mass is 9.97. The normalized spacial score (nSPS) is 16.8. The summed E-state index contributed by atoms with van der Waals surface area (Å²) >= 11 is 1.46. The van der Waals surface area contributed by atoms with Gasteiger partial charge in [-0.15, -0.1) is 11.3 Å². The van der Waals surface area contributed by atoms with Gasteiger partial charge in [0.2, 0.25) is 0 Å². The van der Waals surface area contributed by atoms with E-state index < -0.39 is 5.60 Å². The summed E-state index contributed by atoms with van der Waals surface area (Å²) in [6.07, 6.45) is 1.88. The Balaban J connectivity index is 1.11. The molecule has 0 radical (unpaired) electrons. The van der Waals surface area contributed by atoms with Crippen LogP contribution in [0.2, 0.25) is 0 Å². The number of fused-ring (bicyclic) bond motifs is 1. The number of amides is 1. The Labute approximate surface area is 262 Å². The summed E-state index contributed by atoms with van der Waals surface area (Å²) in [4.78, 5) is 33.9. The molecule has 3 heterocycles. The Morgan fingerprint density at radius 1 is 0.818 bits per heavy atom. The number of piperidine rings is 1. The molecule has 4 aromatic rings. The maximum absolute atomic E-state index is 13.9. The van der Waals surface area contributed by atoms with Crippen LogP contribution in [-0.4, -0.2) is 82.8 Å². The Morgan fingerprint density at radius 2 is 1.45 bits per heavy atom. The highest BCUT2D eigenvalue weighted by atomic mass is 32.1. The second kappa shape index (κ2) is 12.1. The number of aromatic hydroxyl groups is 2. The number of hydrogen-bond acceptors (Lipinski definition) is 8. The largest absolute Gasteiger partial charge is 0.508 e. The molecular weight excluding hydrogens is 574 g/mol. The molecule has 1 amide bonds. The Kier molecular flexibility index (Phi) is 8.26. The highest BCUT2D eigenvalue weighted by Gasteiger charge is 2.31. The van der Waals surface area contributed by atoms with Crippen LogP contribution in [0.25, 0.3) is 20.5 Å². The van der Waals surface area contributed by atoms with Crippen LogP contribution in [0.15, 0.2) is 66.7 Å². The molecule has 44 heavy (non-hydrogen) atoms. The number of rotatable bonds is 5. The van der Waals surface area contributed by atoms with E-state index >= 15 is 0 Å². The fourth-order valence-corrected chi connectivity index (χ4v) is 7.42. The van der Waals surface area contributed by atoms with Gasteiger partial charge in [-0.2, -0.15) is 0 Å². The maximum Gasteiger partial charge on any atom is 0.410 e. The molecule has 230 valence electrons. The molecule has 8 nitrogen and oxygen atoms in total. The van der Waals surface area contributed by atoms with Gasteiger partial charge in [-0.3, -0.25) is 9.69 Å². The maximum atomic E-state index is 13.9. The third-order valence-electron chi connectivity index (χ3n) is 8.47. The van der Waals surface area contributed by atoms with Gasteiger partial charge in [0.1, 0.15) is 17.1 Å². The monoisotopic (exact) mass is 613 g/mol. The van der Waals surface area contributed by atoms with E-state index in [1.807, 2.05) is 62.1 Å². The van der Waals surface area contributed by atoms with Gasteiger partial charge in [-0.25, -0.2) is 4.79 Å². The SMILES string of the molecule is CC(C)(C)OC(=O)N1CCN(C2CCN(c3ccc(C(=O)c4c(-c5ccc(O)cc5)sc5cc(O)ccc45)cc3)CC2)CC1. The summed E-state index contributed by atoms with van der Waals surface area (Å²) in [7, 11) is 0. The van der Waals surface area contributed by atoms with Crippen LogP contribution in [0.3, 0.4) is 0 Å². The fraction of sp³-hybridized carbons (Fsp3) is 0.371. The molecule has 3 aromatic carbocycles. The van der Waals surface area contributed by atoms with E-state index in [0.29, 0.717) is 30.3 Å². The molecule has 0 spiro atoms. The van der Waals surface area contributed by atoms with Crippen LogP contribution in [0.4, 0.5) is 10.5 Å². The van der Waals surface area contributed by atoms with E-state index in [0.717, 1.165) is 65.2 Å². The van der Waals surface area contributed by atoms with Gasteiger partial charge in [0.05, 0.1) is 0 Å². The molecular formula is C35H39N3O5S. The lowest BCUT2D eigenvalue weighted by Gasteiger charge is -2.43. The number of anilines is 1. The van der Waals surface area contributed by atoms with E-state index in [1.165, 1.54) is 11.3 Å². The van der Waals surface area contributed by atoms with Crippen molar-refractivity contribution in [3.63, 3.8) is 0 Å². The van der Waals surface area contributed by atoms with Crippen molar-refractivity contribution < 1.29 is 24.5 Å². The molecule has 0 atom stereocenters. The van der Waals surface area contributed by atoms with Crippen LogP contribution in [0, 0.1) is 0 Å². The molecule has 0 bridgehead atoms. The number of benzene rings is 3. The summed E-state index contributed by atoms with van der Waals surface area (Å²) in [6.45, 7) is 10.7. The first kappa shape index (κ1) is 30.0. The number of ether oxygens (including phenoxy) is 1. The second-order valence-corrected chi connectivity index (χ2v) is 13.7. The molecule has 1 aromatic heterocycles. The lowest BCUT2D eigenvalue weighted by molar-refractivity contribution is 0.00901. The molecule has 0 unspecified atom stereocenters. The highest BCUT2D eigenvalue weighted by Crippen LogP contribution is 2.41. The van der Waals surface area contributed by atoms with E-state index in [4.69, 9.17) is 4.74 Å². The van der Waals surface area contributed by atoms with Crippen molar-refractivity contribution in [1.82, 2.24) is 9.80 Å². The molecule has 2 aliphatic heterocycles. The zero-order valence-corrected chi connectivity index (χ0v) is 26.3. The predicted octanol–water partition coefficient (Wildman–Crippen LogP) is 6.73. The minimum Gasteiger partial charge on any atom is -0.508 e. The number of ketones is 1. The van der Waals surface area contributed by atoms with Crippen molar-refractivity contribution >= 4 is 39.0 Å². The second-order valence-electron chi connectivity index (χ2n) is 12.6. The van der Waals surface area contributed by atoms with Crippen LogP contribution < -0.4 is 4.90 Å². The number of nitrogens with zero attached hydrogens (tertiary/aromatic N) is 3. The number of thiophene rings is 1. The van der Waals surface area contributed by atoms with Crippen LogP contribution in [0.1, 0.15) is 49.5 Å². The minimum absolute atomic E-state index is 0.0687. The van der Waals surface area contributed by atoms with Gasteiger partial charge in [-0.1, -0.05) is 0 Å². The van der Waals surface area contributed by atoms with Crippen molar-refractivity contribution in [1.29, 1.82) is 0 Å². The quantitative estimate of drug-likeness (QED) is 0.241. The predicted molar refractivity (Wildman–Crippen MR) is 175 cm³/mol. The molecule has 2 N–H and O–H groups in total. The number of phenols is 2. The number of carbonyl (C=O) groups excluding carboxylic acids is 2. The van der Waals surface area contributed by atoms with Gasteiger partial charge in [0.15, 0.2) is 5.78 Å². The van der Waals surface area contributed by atoms with E-state index in [9.17, 15) is 19.8 Å². The molecule has 2 fully saturated rings. The van der Waals surface area contributed by atoms with Gasteiger partial charge in [-0.05, 0) is 106 Å². The molecule has 0 saturated carbocycles. The van der Waals surface area contributed by atoms with Crippen molar-refractivity contribution in [3.8, 4) is 21.9 Å². The zero-order valence-electron chi connectivity index (χ0n) is 25.5. The molecule has 0 aliphatic carbocycles. The van der Waals surface area contributed by atoms with Gasteiger partial charge >= 0.3 is 6.09 Å². The smallest absolute Gasteiger partial charge is 0.410 e. The van der Waals surface area contributed by atoms with Crippen molar-refractivity contribution in [2.45, 2.75) is 45.3 Å². The first-order chi connectivity index (χ1) is 21.1. The summed E-state index contributed by atoms with van der Waals surface area (Å²) in [5, 5.41) is 20.7. The molecule has 2 aliphatic rings. The number of piperazine rings is 1. The number of hydrogen-bond donors (Lipinski definition) is 2. The van der Waals surface area contributed by atoms with Crippen LogP contribution >= 0.6 is 11.3 Å². The first-order valence-corrected chi connectivity index (χ1v) is 16.0. The Bertz CT molecular complexity index is 1640. The van der Waals surface area contributed by atoms with Crippen molar-refractivity contribution in [2.75, 3.05) is 44.2 Å². The molecule has 2 saturated heterocycles. The third kappa shape index (κ3) is 6.39. The van der Waals surface area contributed by atoms with Crippen LogP contribution in [-0.2, 0) is 4.74 Å². The molecule has 9 heteroatoms. The fourth-order valence-electron chi connectivity index (χ4n) is 6.18. The summed E-state index contributed by atoms with van der Waals surface area (Å²) in [6, 6.07) is 20.3. The standard InChI is InChI=1S/C35H39N3O5S/c1-35(2,3)43-34(42)38-20-18-37(19-21-38)26-14-16-36(17-15-26)25-8-4-23(5-9-25)32(41)31-29-13-12-28(40)22-30(29)44-33(31)24-6-10-27(39)11-7-24/h4-13,22,26,39-40H,14-21H2,1-3H3. The number of carbonyl (C=O) groups is 2. The lowest BCUT2D eigenvalue weighted by Crippen LogP contribution is -2.55. The van der Waals surface area contributed by atoms with Gasteiger partial charge in [0.25, 0.3) is 0 Å². The highest BCUT2D eigenvalue weighted by molar-refractivity contribution is 7.22. The van der Waals surface area contributed by atoms with Gasteiger partial charge in [0, 0.05) is 77.1 Å². The average molecular weight is 614 g/mol. The minimum atomic E-state index is -0.480. The van der Waals surface area contributed by atoms with Crippen molar-refractivity contribution in [3.05, 3.63) is 77.9 Å². The van der Waals surface area contributed by atoms with Crippen LogP contribution in [0.5, 0.6) is 11.5 Å². The molecule has 6 rings (SSSR count). The van der Waals surface area contributed by atoms with E-state index in [-0.39, 0.29) is 23.4 Å². The summed E-state index contributed by atoms with van der Waals surface area (Å²) in [5.74, 6) is 0.257. The summed E-state index contributed by atoms with van der Waals surface area (Å²) < 4.78 is 6.38. The third-order valence-corrected chi connectivity index (χ3v) is 9.67. The Morgan fingerprint density at radius 3 is 2.09 bits per heavy atom. The van der Waals surface area contributed by atoms with E-state index in [2.05, 4.69) is 9.80 Å². The summed E-state index contributed by atoms with van der Waals surface area (Å²) in [5.41, 5.74) is 2.69. The topological polar surface area (TPSA) is 93.6 Å². The zero-order chi connectivity index (χ0) is 31.0. The number of phenolic OH excluding ortho intramolecular Hbond substituents is 2. The first-order valence-electron chi connectivity index (χ1n) is 15.2. The average Bonchev–Trinajstić information content (AvgIpc) is 3.39. The van der Waals surface area contributed by atoms with Crippen molar-refractivity contribution in [2.24, 2.45) is 0 Å².